The lowest BCUT2D eigenvalue weighted by Gasteiger charge is -2.06. The van der Waals surface area contributed by atoms with Crippen LogP contribution < -0.4 is 11.2 Å². The van der Waals surface area contributed by atoms with Gasteiger partial charge in [0, 0.05) is 24.6 Å². The van der Waals surface area contributed by atoms with Crippen LogP contribution >= 0.6 is 11.3 Å². The van der Waals surface area contributed by atoms with E-state index in [1.807, 2.05) is 42.0 Å². The molecule has 0 saturated heterocycles. The second-order valence-electron chi connectivity index (χ2n) is 7.52. The first-order valence-electron chi connectivity index (χ1n) is 9.82. The number of aryl methyl sites for hydroxylation is 1. The summed E-state index contributed by atoms with van der Waals surface area (Å²) in [5.41, 5.74) is 4.12. The Bertz CT molecular complexity index is 1680. The van der Waals surface area contributed by atoms with E-state index in [-0.39, 0.29) is 17.8 Å². The van der Waals surface area contributed by atoms with Crippen molar-refractivity contribution in [3.63, 3.8) is 0 Å². The van der Waals surface area contributed by atoms with Crippen molar-refractivity contribution in [2.45, 2.75) is 13.0 Å². The van der Waals surface area contributed by atoms with Crippen LogP contribution in [-0.2, 0) is 20.0 Å². The quantitative estimate of drug-likeness (QED) is 0.454. The highest BCUT2D eigenvalue weighted by Gasteiger charge is 2.19. The maximum Gasteiger partial charge on any atom is 0.323 e. The highest BCUT2D eigenvalue weighted by molar-refractivity contribution is 7.19. The van der Waals surface area contributed by atoms with Crippen LogP contribution in [0.25, 0.3) is 32.3 Å². The van der Waals surface area contributed by atoms with E-state index < -0.39 is 0 Å². The number of fused-ring (bicyclic) bond motifs is 4. The summed E-state index contributed by atoms with van der Waals surface area (Å²) in [5, 5.41) is 6.20. The van der Waals surface area contributed by atoms with Crippen LogP contribution in [0.2, 0.25) is 0 Å². The van der Waals surface area contributed by atoms with Gasteiger partial charge >= 0.3 is 5.69 Å². The van der Waals surface area contributed by atoms with Crippen molar-refractivity contribution < 1.29 is 0 Å². The van der Waals surface area contributed by atoms with Crippen LogP contribution in [0.3, 0.4) is 0 Å². The number of para-hydroxylation sites is 1. The predicted molar refractivity (Wildman–Crippen MR) is 121 cm³/mol. The van der Waals surface area contributed by atoms with Crippen LogP contribution in [0.1, 0.15) is 10.6 Å². The van der Waals surface area contributed by atoms with E-state index in [9.17, 15) is 9.59 Å². The zero-order chi connectivity index (χ0) is 21.1. The number of thiazole rings is 1. The number of H-pyrrole nitrogens is 2. The fourth-order valence-electron chi connectivity index (χ4n) is 4.11. The zero-order valence-corrected chi connectivity index (χ0v) is 17.4. The lowest BCUT2D eigenvalue weighted by Crippen LogP contribution is -2.24. The molecule has 1 aliphatic rings. The molecule has 9 nitrogen and oxygen atoms in total. The number of nitrogens with one attached hydrogen (secondary N) is 2. The van der Waals surface area contributed by atoms with Crippen LogP contribution in [0.15, 0.2) is 51.1 Å². The van der Waals surface area contributed by atoms with Crippen molar-refractivity contribution in [2.75, 3.05) is 6.54 Å². The molecule has 0 unspecified atom stereocenters. The van der Waals surface area contributed by atoms with E-state index in [0.717, 1.165) is 38.6 Å². The second-order valence-corrected chi connectivity index (χ2v) is 8.60. The van der Waals surface area contributed by atoms with E-state index in [4.69, 9.17) is 4.98 Å². The van der Waals surface area contributed by atoms with Crippen molar-refractivity contribution in [3.8, 4) is 0 Å². The number of benzene rings is 1. The molecule has 0 aliphatic carbocycles. The van der Waals surface area contributed by atoms with E-state index in [2.05, 4.69) is 20.1 Å². The Morgan fingerprint density at radius 2 is 2.13 bits per heavy atom. The molecule has 0 spiro atoms. The number of nitrogens with zero attached hydrogens (tertiary/aromatic N) is 5. The molecule has 0 amide bonds. The van der Waals surface area contributed by atoms with Crippen LogP contribution in [-0.4, -0.2) is 41.6 Å². The normalized spacial score (nSPS) is 13.8. The van der Waals surface area contributed by atoms with E-state index >= 15 is 0 Å². The van der Waals surface area contributed by atoms with Gasteiger partial charge in [0.1, 0.15) is 10.5 Å². The van der Waals surface area contributed by atoms with E-state index in [1.54, 1.807) is 17.5 Å². The average Bonchev–Trinajstić information content (AvgIpc) is 3.51. The van der Waals surface area contributed by atoms with Gasteiger partial charge in [0.2, 0.25) is 0 Å². The number of aliphatic imine (C=N–C) groups is 1. The summed E-state index contributed by atoms with van der Waals surface area (Å²) < 4.78 is 4.23. The third-order valence-electron chi connectivity index (χ3n) is 5.57. The Hall–Kier alpha value is -3.79. The van der Waals surface area contributed by atoms with Gasteiger partial charge in [-0.15, -0.1) is 11.3 Å². The first-order chi connectivity index (χ1) is 15.1. The van der Waals surface area contributed by atoms with Crippen LogP contribution in [0.5, 0.6) is 0 Å². The average molecular weight is 431 g/mol. The fraction of sp³-hybridized carbons (Fsp3) is 0.190. The van der Waals surface area contributed by atoms with Crippen LogP contribution in [0.4, 0.5) is 0 Å². The number of hydrogen-bond donors (Lipinski definition) is 2. The van der Waals surface area contributed by atoms with Crippen molar-refractivity contribution in [2.24, 2.45) is 12.0 Å². The summed E-state index contributed by atoms with van der Waals surface area (Å²) in [6.07, 6.45) is 6.49. The second kappa shape index (κ2) is 6.61. The molecule has 4 aromatic heterocycles. The van der Waals surface area contributed by atoms with Gasteiger partial charge in [-0.1, -0.05) is 18.2 Å². The number of aromatic amines is 2. The Balaban J connectivity index is 1.44. The molecule has 0 radical (unpaired) electrons. The first-order valence-corrected chi connectivity index (χ1v) is 10.6. The van der Waals surface area contributed by atoms with Gasteiger partial charge in [-0.25, -0.2) is 14.5 Å². The molecule has 31 heavy (non-hydrogen) atoms. The Morgan fingerprint density at radius 1 is 1.23 bits per heavy atom. The number of aromatic nitrogens is 6. The van der Waals surface area contributed by atoms with Gasteiger partial charge in [-0.05, 0) is 17.7 Å². The maximum atomic E-state index is 13.3. The summed E-state index contributed by atoms with van der Waals surface area (Å²) >= 11 is 1.58. The van der Waals surface area contributed by atoms with Crippen molar-refractivity contribution in [3.05, 3.63) is 68.0 Å². The van der Waals surface area contributed by atoms with Gasteiger partial charge in [-0.3, -0.25) is 9.79 Å². The molecule has 6 rings (SSSR count). The molecule has 0 bridgehead atoms. The Morgan fingerprint density at radius 3 is 2.97 bits per heavy atom. The number of rotatable bonds is 4. The molecule has 5 aromatic rings. The molecule has 0 atom stereocenters. The summed E-state index contributed by atoms with van der Waals surface area (Å²) in [5.74, 6) is 0. The lowest BCUT2D eigenvalue weighted by atomic mass is 10.2. The molecule has 1 aliphatic heterocycles. The fourth-order valence-corrected chi connectivity index (χ4v) is 5.24. The molecule has 0 saturated carbocycles. The monoisotopic (exact) mass is 431 g/mol. The summed E-state index contributed by atoms with van der Waals surface area (Å²) in [4.78, 5) is 39.7. The summed E-state index contributed by atoms with van der Waals surface area (Å²) in [6, 6.07) is 5.54. The number of hydrogen-bond acceptors (Lipinski definition) is 6. The lowest BCUT2D eigenvalue weighted by molar-refractivity contribution is 0.646. The number of allylic oxidation sites excluding steroid dienone is 1. The minimum Gasteiger partial charge on any atom is -0.323 e. The van der Waals surface area contributed by atoms with Crippen LogP contribution in [0, 0.1) is 0 Å². The minimum atomic E-state index is -0.276. The highest BCUT2D eigenvalue weighted by atomic mass is 32.1. The topological polar surface area (TPSA) is 114 Å². The van der Waals surface area contributed by atoms with Crippen molar-refractivity contribution >= 4 is 49.3 Å². The number of imidazole rings is 1. The minimum absolute atomic E-state index is 0.190. The molecule has 5 heterocycles. The predicted octanol–water partition coefficient (Wildman–Crippen LogP) is 2.12. The van der Waals surface area contributed by atoms with Gasteiger partial charge in [-0.2, -0.15) is 5.10 Å². The Kier molecular flexibility index (Phi) is 3.84. The molecular formula is C21H17N7O2S. The van der Waals surface area contributed by atoms with Gasteiger partial charge in [0.25, 0.3) is 5.56 Å². The molecule has 2 N–H and O–H groups in total. The first kappa shape index (κ1) is 18.0. The van der Waals surface area contributed by atoms with E-state index in [1.165, 1.54) is 4.68 Å². The maximum absolute atomic E-state index is 13.3. The molecule has 154 valence electrons. The third kappa shape index (κ3) is 2.79. The summed E-state index contributed by atoms with van der Waals surface area (Å²) in [7, 11) is 1.86. The SMILES string of the molecule is Cn1c2nc(CC3=NCC=C3)sc2c2cnn(Cc3cccc4[nH]c(=O)[nH]c34)c(=O)c21. The molecule has 0 fully saturated rings. The van der Waals surface area contributed by atoms with Gasteiger partial charge in [0.15, 0.2) is 5.65 Å². The van der Waals surface area contributed by atoms with Crippen molar-refractivity contribution in [1.82, 2.24) is 29.3 Å². The Labute approximate surface area is 178 Å². The molecule has 1 aromatic carbocycles. The summed E-state index contributed by atoms with van der Waals surface area (Å²) in [6.45, 7) is 0.987. The van der Waals surface area contributed by atoms with Gasteiger partial charge in [0.05, 0.1) is 35.0 Å². The molecule has 10 heteroatoms. The zero-order valence-electron chi connectivity index (χ0n) is 16.5. The largest absolute Gasteiger partial charge is 0.323 e. The standard InChI is InChI=1S/C21H17N7O2S/c1-27-17-13(18-19(27)25-15(31-18)8-12-5-3-7-22-12)9-23-28(20(17)29)10-11-4-2-6-14-16(11)26-21(30)24-14/h2-6,9H,7-8,10H2,1H3,(H2,24,26,30). The molecular weight excluding hydrogens is 414 g/mol. The third-order valence-corrected chi connectivity index (χ3v) is 6.65. The smallest absolute Gasteiger partial charge is 0.323 e. The van der Waals surface area contributed by atoms with E-state index in [0.29, 0.717) is 23.0 Å². The van der Waals surface area contributed by atoms with Gasteiger partial charge < -0.3 is 14.5 Å². The highest BCUT2D eigenvalue weighted by Crippen LogP contribution is 2.31. The van der Waals surface area contributed by atoms with Crippen molar-refractivity contribution in [1.29, 1.82) is 0 Å².